The third-order valence-corrected chi connectivity index (χ3v) is 3.89. The van der Waals surface area contributed by atoms with Gasteiger partial charge in [0.25, 0.3) is 5.91 Å². The molecule has 0 fully saturated rings. The molecule has 0 spiro atoms. The van der Waals surface area contributed by atoms with Crippen LogP contribution in [0.25, 0.3) is 22.6 Å². The van der Waals surface area contributed by atoms with Gasteiger partial charge in [0, 0.05) is 16.8 Å². The number of aromatic amines is 1. The first-order valence-electron chi connectivity index (χ1n) is 6.78. The highest BCUT2D eigenvalue weighted by atomic mass is 35.5. The van der Waals surface area contributed by atoms with Crippen LogP contribution in [-0.2, 0) is 0 Å². The first-order chi connectivity index (χ1) is 11.5. The SMILES string of the molecule is C=Nc1nccc(-c2cc(C(N)=O)c(-c3ccc(Cl)cc3Cl)[nH]2)n1. The van der Waals surface area contributed by atoms with E-state index < -0.39 is 5.91 Å². The molecule has 0 radical (unpaired) electrons. The second-order valence-corrected chi connectivity index (χ2v) is 5.70. The molecule has 2 aromatic heterocycles. The fraction of sp³-hybridized carbons (Fsp3) is 0. The van der Waals surface area contributed by atoms with Gasteiger partial charge in [0.15, 0.2) is 0 Å². The van der Waals surface area contributed by atoms with Crippen molar-refractivity contribution in [2.75, 3.05) is 0 Å². The molecule has 0 unspecified atom stereocenters. The number of halogens is 2. The highest BCUT2D eigenvalue weighted by molar-refractivity contribution is 6.36. The van der Waals surface area contributed by atoms with E-state index in [2.05, 4.69) is 26.7 Å². The minimum absolute atomic E-state index is 0.230. The summed E-state index contributed by atoms with van der Waals surface area (Å²) in [6.45, 7) is 3.39. The highest BCUT2D eigenvalue weighted by Crippen LogP contribution is 2.34. The highest BCUT2D eigenvalue weighted by Gasteiger charge is 2.18. The predicted molar refractivity (Wildman–Crippen MR) is 95.0 cm³/mol. The molecule has 3 N–H and O–H groups in total. The van der Waals surface area contributed by atoms with E-state index >= 15 is 0 Å². The Morgan fingerprint density at radius 1 is 1.25 bits per heavy atom. The molecule has 3 rings (SSSR count). The van der Waals surface area contributed by atoms with Crippen LogP contribution >= 0.6 is 23.2 Å². The number of amides is 1. The monoisotopic (exact) mass is 359 g/mol. The molecule has 0 aliphatic heterocycles. The Kier molecular flexibility index (Phi) is 4.33. The number of aliphatic imine (C=N–C) groups is 1. The Hall–Kier alpha value is -2.70. The van der Waals surface area contributed by atoms with E-state index in [0.717, 1.165) is 0 Å². The molecule has 0 atom stereocenters. The first-order valence-corrected chi connectivity index (χ1v) is 7.53. The van der Waals surface area contributed by atoms with Crippen LogP contribution in [0, 0.1) is 0 Å². The van der Waals surface area contributed by atoms with Crippen LogP contribution in [0.2, 0.25) is 10.0 Å². The van der Waals surface area contributed by atoms with E-state index in [4.69, 9.17) is 28.9 Å². The van der Waals surface area contributed by atoms with E-state index in [1.165, 1.54) is 0 Å². The number of rotatable bonds is 4. The van der Waals surface area contributed by atoms with Gasteiger partial charge >= 0.3 is 0 Å². The van der Waals surface area contributed by atoms with Crippen molar-refractivity contribution in [3.63, 3.8) is 0 Å². The summed E-state index contributed by atoms with van der Waals surface area (Å²) >= 11 is 12.2. The van der Waals surface area contributed by atoms with Crippen molar-refractivity contribution in [2.45, 2.75) is 0 Å². The third kappa shape index (κ3) is 3.02. The van der Waals surface area contributed by atoms with Crippen LogP contribution < -0.4 is 5.73 Å². The summed E-state index contributed by atoms with van der Waals surface area (Å²) in [5, 5.41) is 0.892. The van der Waals surface area contributed by atoms with Gasteiger partial charge < -0.3 is 10.7 Å². The lowest BCUT2D eigenvalue weighted by Gasteiger charge is -2.05. The average molecular weight is 360 g/mol. The van der Waals surface area contributed by atoms with E-state index in [9.17, 15) is 4.79 Å². The standard InChI is InChI=1S/C16H11Cl2N5O/c1-20-16-21-5-4-12(23-16)13-7-10(15(19)24)14(22-13)9-3-2-8(17)6-11(9)18/h2-7,22H,1H2,(H2,19,24). The van der Waals surface area contributed by atoms with Crippen molar-refractivity contribution >= 4 is 41.8 Å². The second-order valence-electron chi connectivity index (χ2n) is 4.86. The molecule has 6 nitrogen and oxygen atoms in total. The fourth-order valence-corrected chi connectivity index (χ4v) is 2.77. The van der Waals surface area contributed by atoms with Crippen molar-refractivity contribution < 1.29 is 4.79 Å². The quantitative estimate of drug-likeness (QED) is 0.691. The lowest BCUT2D eigenvalue weighted by atomic mass is 10.1. The minimum Gasteiger partial charge on any atom is -0.366 e. The molecule has 24 heavy (non-hydrogen) atoms. The van der Waals surface area contributed by atoms with Gasteiger partial charge in [0.1, 0.15) is 0 Å². The maximum atomic E-state index is 11.8. The number of hydrogen-bond donors (Lipinski definition) is 2. The zero-order chi connectivity index (χ0) is 17.3. The summed E-state index contributed by atoms with van der Waals surface area (Å²) in [5.41, 5.74) is 8.01. The normalized spacial score (nSPS) is 10.6. The number of benzene rings is 1. The molecule has 0 bridgehead atoms. The lowest BCUT2D eigenvalue weighted by molar-refractivity contribution is 0.100. The molecule has 8 heteroatoms. The van der Waals surface area contributed by atoms with E-state index in [1.54, 1.807) is 36.5 Å². The van der Waals surface area contributed by atoms with Gasteiger partial charge in [-0.1, -0.05) is 23.2 Å². The van der Waals surface area contributed by atoms with E-state index in [-0.39, 0.29) is 5.95 Å². The molecule has 0 saturated carbocycles. The second kappa shape index (κ2) is 6.43. The number of primary amides is 1. The van der Waals surface area contributed by atoms with Crippen molar-refractivity contribution in [1.82, 2.24) is 15.0 Å². The summed E-state index contributed by atoms with van der Waals surface area (Å²) in [7, 11) is 0. The molecule has 0 saturated heterocycles. The lowest BCUT2D eigenvalue weighted by Crippen LogP contribution is -2.11. The molecule has 0 aliphatic carbocycles. The fourth-order valence-electron chi connectivity index (χ4n) is 2.27. The van der Waals surface area contributed by atoms with Gasteiger partial charge in [0.05, 0.1) is 27.7 Å². The Bertz CT molecular complexity index is 951. The number of nitrogens with zero attached hydrogens (tertiary/aromatic N) is 3. The topological polar surface area (TPSA) is 97.0 Å². The Labute approximate surface area is 147 Å². The van der Waals surface area contributed by atoms with Gasteiger partial charge in [-0.15, -0.1) is 0 Å². The summed E-state index contributed by atoms with van der Waals surface area (Å²) in [6.07, 6.45) is 1.55. The molecule has 2 heterocycles. The maximum Gasteiger partial charge on any atom is 0.250 e. The molecule has 3 aromatic rings. The van der Waals surface area contributed by atoms with Crippen LogP contribution in [-0.4, -0.2) is 27.6 Å². The van der Waals surface area contributed by atoms with Crippen LogP contribution in [0.1, 0.15) is 10.4 Å². The van der Waals surface area contributed by atoms with Gasteiger partial charge in [-0.25, -0.2) is 15.0 Å². The molecular weight excluding hydrogens is 349 g/mol. The van der Waals surface area contributed by atoms with Crippen molar-refractivity contribution in [1.29, 1.82) is 0 Å². The summed E-state index contributed by atoms with van der Waals surface area (Å²) in [5.74, 6) is -0.358. The van der Waals surface area contributed by atoms with Gasteiger partial charge in [-0.2, -0.15) is 0 Å². The molecule has 1 amide bonds. The maximum absolute atomic E-state index is 11.8. The van der Waals surface area contributed by atoms with Gasteiger partial charge in [-0.3, -0.25) is 4.79 Å². The van der Waals surface area contributed by atoms with Gasteiger partial charge in [-0.05, 0) is 37.0 Å². The van der Waals surface area contributed by atoms with Crippen molar-refractivity contribution in [3.8, 4) is 22.6 Å². The first kappa shape index (κ1) is 16.2. The number of carbonyl (C=O) groups excluding carboxylic acids is 1. The number of aromatic nitrogens is 3. The van der Waals surface area contributed by atoms with Crippen molar-refractivity contribution in [2.24, 2.45) is 10.7 Å². The Morgan fingerprint density at radius 3 is 2.71 bits per heavy atom. The zero-order valence-corrected chi connectivity index (χ0v) is 13.8. The molecular formula is C16H11Cl2N5O. The van der Waals surface area contributed by atoms with E-state index in [1.807, 2.05) is 0 Å². The predicted octanol–water partition coefficient (Wildman–Crippen LogP) is 3.88. The van der Waals surface area contributed by atoms with Crippen LogP contribution in [0.4, 0.5) is 5.95 Å². The van der Waals surface area contributed by atoms with Crippen molar-refractivity contribution in [3.05, 3.63) is 52.1 Å². The summed E-state index contributed by atoms with van der Waals surface area (Å²) in [4.78, 5) is 26.8. The van der Waals surface area contributed by atoms with Crippen LogP contribution in [0.5, 0.6) is 0 Å². The number of nitrogens with two attached hydrogens (primary N) is 1. The largest absolute Gasteiger partial charge is 0.366 e. The van der Waals surface area contributed by atoms with E-state index in [0.29, 0.717) is 38.3 Å². The van der Waals surface area contributed by atoms with Gasteiger partial charge in [0.2, 0.25) is 5.95 Å². The number of H-pyrrole nitrogens is 1. The third-order valence-electron chi connectivity index (χ3n) is 3.34. The molecule has 0 aliphatic rings. The minimum atomic E-state index is -0.588. The number of hydrogen-bond acceptors (Lipinski definition) is 4. The zero-order valence-electron chi connectivity index (χ0n) is 12.3. The number of nitrogens with one attached hydrogen (secondary N) is 1. The summed E-state index contributed by atoms with van der Waals surface area (Å²) in [6, 6.07) is 8.27. The summed E-state index contributed by atoms with van der Waals surface area (Å²) < 4.78 is 0. The smallest absolute Gasteiger partial charge is 0.250 e. The molecule has 1 aromatic carbocycles. The Balaban J connectivity index is 2.18. The molecule has 120 valence electrons. The Morgan fingerprint density at radius 2 is 2.04 bits per heavy atom. The average Bonchev–Trinajstić information content (AvgIpc) is 3.00. The number of carbonyl (C=O) groups is 1. The van der Waals surface area contributed by atoms with Crippen LogP contribution in [0.15, 0.2) is 41.5 Å². The van der Waals surface area contributed by atoms with Crippen LogP contribution in [0.3, 0.4) is 0 Å².